The van der Waals surface area contributed by atoms with Gasteiger partial charge < -0.3 is 15.7 Å². The Morgan fingerprint density at radius 1 is 1.37 bits per heavy atom. The van der Waals surface area contributed by atoms with Crippen LogP contribution in [0.25, 0.3) is 0 Å². The predicted molar refractivity (Wildman–Crippen MR) is 69.4 cm³/mol. The maximum absolute atomic E-state index is 11.9. The van der Waals surface area contributed by atoms with Crippen LogP contribution in [0, 0.1) is 5.41 Å². The average molecular weight is 270 g/mol. The fraction of sp³-hybridized carbons (Fsp3) is 0.769. The van der Waals surface area contributed by atoms with Gasteiger partial charge in [0, 0.05) is 13.0 Å². The number of hydrogen-bond donors (Lipinski definition) is 3. The summed E-state index contributed by atoms with van der Waals surface area (Å²) in [6.07, 6.45) is 2.47. The van der Waals surface area contributed by atoms with Gasteiger partial charge in [-0.25, -0.2) is 0 Å². The van der Waals surface area contributed by atoms with Crippen molar-refractivity contribution in [3.05, 3.63) is 0 Å². The Morgan fingerprint density at radius 2 is 2.05 bits per heavy atom. The first kappa shape index (κ1) is 15.5. The third-order valence-electron chi connectivity index (χ3n) is 3.14. The molecule has 0 aromatic heterocycles. The van der Waals surface area contributed by atoms with E-state index in [9.17, 15) is 14.4 Å². The SMILES string of the molecule is CC(C)(CC(=O)O)CC(=O)N[C@H]1CCCCNC1=O. The van der Waals surface area contributed by atoms with E-state index in [1.807, 2.05) is 0 Å². The molecule has 1 saturated heterocycles. The zero-order chi connectivity index (χ0) is 14.5. The molecule has 1 aliphatic heterocycles. The average Bonchev–Trinajstić information content (AvgIpc) is 2.41. The lowest BCUT2D eigenvalue weighted by molar-refractivity contribution is -0.140. The molecule has 0 aliphatic carbocycles. The molecule has 0 bridgehead atoms. The van der Waals surface area contributed by atoms with Crippen LogP contribution in [0.2, 0.25) is 0 Å². The summed E-state index contributed by atoms with van der Waals surface area (Å²) < 4.78 is 0. The molecular formula is C13H22N2O4. The summed E-state index contributed by atoms with van der Waals surface area (Å²) in [5, 5.41) is 14.2. The number of carbonyl (C=O) groups is 3. The Hall–Kier alpha value is -1.59. The van der Waals surface area contributed by atoms with Crippen LogP contribution in [0.3, 0.4) is 0 Å². The van der Waals surface area contributed by atoms with Crippen molar-refractivity contribution in [1.29, 1.82) is 0 Å². The highest BCUT2D eigenvalue weighted by atomic mass is 16.4. The van der Waals surface area contributed by atoms with E-state index >= 15 is 0 Å². The highest BCUT2D eigenvalue weighted by Gasteiger charge is 2.28. The Balaban J connectivity index is 2.49. The van der Waals surface area contributed by atoms with Gasteiger partial charge in [0.2, 0.25) is 11.8 Å². The van der Waals surface area contributed by atoms with Crippen molar-refractivity contribution in [3.8, 4) is 0 Å². The molecule has 2 amide bonds. The standard InChI is InChI=1S/C13H22N2O4/c1-13(2,8-11(17)18)7-10(16)15-9-5-3-4-6-14-12(9)19/h9H,3-8H2,1-2H3,(H,14,19)(H,15,16)(H,17,18)/t9-/m0/s1. The van der Waals surface area contributed by atoms with Gasteiger partial charge in [0.05, 0.1) is 6.42 Å². The minimum atomic E-state index is -0.926. The summed E-state index contributed by atoms with van der Waals surface area (Å²) in [6.45, 7) is 4.11. The van der Waals surface area contributed by atoms with Crippen LogP contribution >= 0.6 is 0 Å². The fourth-order valence-corrected chi connectivity index (χ4v) is 2.23. The number of aliphatic carboxylic acids is 1. The van der Waals surface area contributed by atoms with Crippen LogP contribution in [0.1, 0.15) is 46.0 Å². The van der Waals surface area contributed by atoms with Crippen LogP contribution in [-0.2, 0) is 14.4 Å². The van der Waals surface area contributed by atoms with Crippen LogP contribution in [0.5, 0.6) is 0 Å². The Kier molecular flexibility index (Phi) is 5.32. The molecule has 1 rings (SSSR count). The molecule has 0 saturated carbocycles. The molecule has 1 aliphatic rings. The van der Waals surface area contributed by atoms with Crippen molar-refractivity contribution in [1.82, 2.24) is 10.6 Å². The third kappa shape index (κ3) is 5.72. The Bertz CT molecular complexity index is 366. The number of nitrogens with one attached hydrogen (secondary N) is 2. The second-order valence-electron chi connectivity index (χ2n) is 5.82. The molecular weight excluding hydrogens is 248 g/mol. The van der Waals surface area contributed by atoms with E-state index < -0.39 is 17.4 Å². The molecule has 0 aromatic rings. The van der Waals surface area contributed by atoms with Crippen LogP contribution in [0.4, 0.5) is 0 Å². The zero-order valence-electron chi connectivity index (χ0n) is 11.5. The highest BCUT2D eigenvalue weighted by Crippen LogP contribution is 2.24. The van der Waals surface area contributed by atoms with E-state index in [0.29, 0.717) is 13.0 Å². The van der Waals surface area contributed by atoms with Crippen LogP contribution in [-0.4, -0.2) is 35.5 Å². The van der Waals surface area contributed by atoms with Gasteiger partial charge >= 0.3 is 5.97 Å². The monoisotopic (exact) mass is 270 g/mol. The number of rotatable bonds is 5. The normalized spacial score (nSPS) is 20.3. The quantitative estimate of drug-likeness (QED) is 0.684. The van der Waals surface area contributed by atoms with Gasteiger partial charge in [-0.2, -0.15) is 0 Å². The van der Waals surface area contributed by atoms with Crippen molar-refractivity contribution >= 4 is 17.8 Å². The number of amides is 2. The molecule has 6 heteroatoms. The molecule has 1 fully saturated rings. The maximum atomic E-state index is 11.9. The highest BCUT2D eigenvalue weighted by molar-refractivity contribution is 5.88. The molecule has 0 aromatic carbocycles. The molecule has 19 heavy (non-hydrogen) atoms. The largest absolute Gasteiger partial charge is 0.481 e. The molecule has 0 unspecified atom stereocenters. The molecule has 3 N–H and O–H groups in total. The van der Waals surface area contributed by atoms with E-state index in [2.05, 4.69) is 10.6 Å². The minimum absolute atomic E-state index is 0.0721. The fourth-order valence-electron chi connectivity index (χ4n) is 2.23. The Morgan fingerprint density at radius 3 is 2.68 bits per heavy atom. The van der Waals surface area contributed by atoms with Crippen LogP contribution < -0.4 is 10.6 Å². The molecule has 1 atom stereocenters. The number of carboxylic acids is 1. The smallest absolute Gasteiger partial charge is 0.303 e. The van der Waals surface area contributed by atoms with Gasteiger partial charge in [-0.15, -0.1) is 0 Å². The molecule has 1 heterocycles. The predicted octanol–water partition coefficient (Wildman–Crippen LogP) is 0.662. The molecule has 0 spiro atoms. The first-order valence-electron chi connectivity index (χ1n) is 6.59. The number of hydrogen-bond acceptors (Lipinski definition) is 3. The number of carbonyl (C=O) groups excluding carboxylic acids is 2. The Labute approximate surface area is 112 Å². The lowest BCUT2D eigenvalue weighted by Crippen LogP contribution is -2.46. The summed E-state index contributed by atoms with van der Waals surface area (Å²) in [5.74, 6) is -1.35. The van der Waals surface area contributed by atoms with E-state index in [-0.39, 0.29) is 24.7 Å². The summed E-state index contributed by atoms with van der Waals surface area (Å²) >= 11 is 0. The van der Waals surface area contributed by atoms with Gasteiger partial charge in [0.1, 0.15) is 6.04 Å². The topological polar surface area (TPSA) is 95.5 Å². The van der Waals surface area contributed by atoms with Gasteiger partial charge in [0.15, 0.2) is 0 Å². The third-order valence-corrected chi connectivity index (χ3v) is 3.14. The summed E-state index contributed by atoms with van der Waals surface area (Å²) in [7, 11) is 0. The van der Waals surface area contributed by atoms with E-state index in [0.717, 1.165) is 12.8 Å². The van der Waals surface area contributed by atoms with E-state index in [1.165, 1.54) is 0 Å². The van der Waals surface area contributed by atoms with E-state index in [4.69, 9.17) is 5.11 Å². The maximum Gasteiger partial charge on any atom is 0.303 e. The lowest BCUT2D eigenvalue weighted by Gasteiger charge is -2.23. The van der Waals surface area contributed by atoms with Crippen LogP contribution in [0.15, 0.2) is 0 Å². The molecule has 108 valence electrons. The molecule has 6 nitrogen and oxygen atoms in total. The lowest BCUT2D eigenvalue weighted by atomic mass is 9.85. The van der Waals surface area contributed by atoms with Crippen molar-refractivity contribution in [2.24, 2.45) is 5.41 Å². The van der Waals surface area contributed by atoms with Gasteiger partial charge in [0.25, 0.3) is 0 Å². The zero-order valence-corrected chi connectivity index (χ0v) is 11.5. The van der Waals surface area contributed by atoms with Crippen molar-refractivity contribution < 1.29 is 19.5 Å². The first-order valence-corrected chi connectivity index (χ1v) is 6.59. The second kappa shape index (κ2) is 6.54. The van der Waals surface area contributed by atoms with E-state index in [1.54, 1.807) is 13.8 Å². The summed E-state index contributed by atoms with van der Waals surface area (Å²) in [5.41, 5.74) is -0.614. The van der Waals surface area contributed by atoms with Crippen molar-refractivity contribution in [2.45, 2.75) is 52.0 Å². The van der Waals surface area contributed by atoms with Gasteiger partial charge in [-0.3, -0.25) is 14.4 Å². The minimum Gasteiger partial charge on any atom is -0.481 e. The van der Waals surface area contributed by atoms with Crippen molar-refractivity contribution in [3.63, 3.8) is 0 Å². The first-order chi connectivity index (χ1) is 8.80. The van der Waals surface area contributed by atoms with Gasteiger partial charge in [-0.05, 0) is 24.7 Å². The van der Waals surface area contributed by atoms with Crippen molar-refractivity contribution in [2.75, 3.05) is 6.54 Å². The number of carboxylic acid groups (broad SMARTS) is 1. The van der Waals surface area contributed by atoms with Gasteiger partial charge in [-0.1, -0.05) is 13.8 Å². The molecule has 0 radical (unpaired) electrons. The second-order valence-corrected chi connectivity index (χ2v) is 5.82. The summed E-state index contributed by atoms with van der Waals surface area (Å²) in [6, 6.07) is -0.490. The summed E-state index contributed by atoms with van der Waals surface area (Å²) in [4.78, 5) is 34.2.